The summed E-state index contributed by atoms with van der Waals surface area (Å²) < 4.78 is 11.5. The number of furan rings is 1. The Kier molecular flexibility index (Phi) is 2.87. The van der Waals surface area contributed by atoms with E-state index in [1.807, 2.05) is 25.1 Å². The number of nitrogen functional groups attached to an aromatic ring is 1. The van der Waals surface area contributed by atoms with Gasteiger partial charge in [-0.2, -0.15) is 4.98 Å². The lowest BCUT2D eigenvalue weighted by Gasteiger charge is -2.00. The van der Waals surface area contributed by atoms with E-state index in [1.165, 1.54) is 0 Å². The summed E-state index contributed by atoms with van der Waals surface area (Å²) in [5.74, 6) is 1.38. The predicted octanol–water partition coefficient (Wildman–Crippen LogP) is 3.65. The summed E-state index contributed by atoms with van der Waals surface area (Å²) in [5, 5.41) is 3.92. The Morgan fingerprint density at radius 1 is 1.26 bits per heavy atom. The van der Waals surface area contributed by atoms with Gasteiger partial charge in [-0.3, -0.25) is 0 Å². The van der Waals surface area contributed by atoms with E-state index in [9.17, 15) is 0 Å². The van der Waals surface area contributed by atoms with Crippen molar-refractivity contribution in [3.8, 4) is 23.0 Å². The molecule has 0 saturated heterocycles. The van der Waals surface area contributed by atoms with Gasteiger partial charge in [-0.15, -0.1) is 0 Å². The van der Waals surface area contributed by atoms with E-state index in [4.69, 9.17) is 14.7 Å². The molecule has 2 N–H and O–H groups in total. The van der Waals surface area contributed by atoms with Crippen LogP contribution in [0.15, 0.2) is 43.9 Å². The van der Waals surface area contributed by atoms with Crippen LogP contribution in [-0.4, -0.2) is 10.1 Å². The monoisotopic (exact) mass is 319 g/mol. The number of hydrogen-bond donors (Lipinski definition) is 1. The number of nitrogens with two attached hydrogens (primary N) is 1. The summed E-state index contributed by atoms with van der Waals surface area (Å²) in [7, 11) is 0. The predicted molar refractivity (Wildman–Crippen MR) is 74.3 cm³/mol. The number of nitrogens with zero attached hydrogens (tertiary/aromatic N) is 2. The van der Waals surface area contributed by atoms with Crippen LogP contribution in [0.1, 0.15) is 5.56 Å². The van der Waals surface area contributed by atoms with Gasteiger partial charge in [-0.05, 0) is 36.8 Å². The molecule has 96 valence electrons. The van der Waals surface area contributed by atoms with Crippen molar-refractivity contribution >= 4 is 21.6 Å². The normalized spacial score (nSPS) is 10.8. The maximum atomic E-state index is 5.91. The Labute approximate surface area is 117 Å². The highest BCUT2D eigenvalue weighted by Gasteiger charge is 2.16. The first-order chi connectivity index (χ1) is 9.15. The minimum absolute atomic E-state index is 0.365. The summed E-state index contributed by atoms with van der Waals surface area (Å²) in [5.41, 5.74) is 8.13. The van der Waals surface area contributed by atoms with Gasteiger partial charge in [0.1, 0.15) is 0 Å². The number of anilines is 1. The Balaban J connectivity index is 2.06. The number of aromatic nitrogens is 2. The lowest BCUT2D eigenvalue weighted by Crippen LogP contribution is -1.90. The number of aryl methyl sites for hydroxylation is 1. The van der Waals surface area contributed by atoms with Crippen molar-refractivity contribution in [1.82, 2.24) is 10.1 Å². The van der Waals surface area contributed by atoms with Gasteiger partial charge in [-0.25, -0.2) is 0 Å². The molecule has 6 heteroatoms. The van der Waals surface area contributed by atoms with Crippen LogP contribution in [0.3, 0.4) is 0 Å². The van der Waals surface area contributed by atoms with Crippen LogP contribution in [0.2, 0.25) is 0 Å². The Morgan fingerprint density at radius 3 is 2.84 bits per heavy atom. The first-order valence-electron chi connectivity index (χ1n) is 5.59. The third kappa shape index (κ3) is 2.15. The summed E-state index contributed by atoms with van der Waals surface area (Å²) in [4.78, 5) is 4.31. The largest absolute Gasteiger partial charge is 0.461 e. The molecule has 0 bridgehead atoms. The Hall–Kier alpha value is -2.08. The van der Waals surface area contributed by atoms with Crippen LogP contribution in [0, 0.1) is 6.92 Å². The van der Waals surface area contributed by atoms with Crippen molar-refractivity contribution in [1.29, 1.82) is 0 Å². The fourth-order valence-corrected chi connectivity index (χ4v) is 2.10. The lowest BCUT2D eigenvalue weighted by molar-refractivity contribution is 0.429. The standard InChI is InChI=1S/C13H10BrN3O2/c1-7-4-5-18-11(7)12-16-13(19-17-12)9-6-8(14)2-3-10(9)15/h2-6H,15H2,1H3. The SMILES string of the molecule is Cc1ccoc1-c1noc(-c2cc(Br)ccc2N)n1. The molecule has 0 aliphatic heterocycles. The third-order valence-electron chi connectivity index (χ3n) is 2.74. The van der Waals surface area contributed by atoms with Crippen molar-refractivity contribution in [2.45, 2.75) is 6.92 Å². The van der Waals surface area contributed by atoms with Crippen molar-refractivity contribution < 1.29 is 8.94 Å². The molecule has 0 aliphatic carbocycles. The molecule has 3 rings (SSSR count). The Bertz CT molecular complexity index is 733. The summed E-state index contributed by atoms with van der Waals surface area (Å²) >= 11 is 3.39. The van der Waals surface area contributed by atoms with Crippen LogP contribution < -0.4 is 5.73 Å². The van der Waals surface area contributed by atoms with E-state index in [0.29, 0.717) is 28.7 Å². The molecule has 0 saturated carbocycles. The van der Waals surface area contributed by atoms with Gasteiger partial charge in [0.25, 0.3) is 5.89 Å². The second-order valence-corrected chi connectivity index (χ2v) is 5.00. The molecule has 0 amide bonds. The van der Waals surface area contributed by atoms with Crippen molar-refractivity contribution in [2.75, 3.05) is 5.73 Å². The second kappa shape index (κ2) is 4.55. The van der Waals surface area contributed by atoms with Crippen LogP contribution in [0.25, 0.3) is 23.0 Å². The first kappa shape index (κ1) is 12.0. The van der Waals surface area contributed by atoms with E-state index in [-0.39, 0.29) is 0 Å². The maximum Gasteiger partial charge on any atom is 0.260 e. The molecule has 5 nitrogen and oxygen atoms in total. The summed E-state index contributed by atoms with van der Waals surface area (Å²) in [6.07, 6.45) is 1.59. The molecule has 19 heavy (non-hydrogen) atoms. The van der Waals surface area contributed by atoms with Crippen LogP contribution in [0.4, 0.5) is 5.69 Å². The molecule has 0 atom stereocenters. The zero-order valence-electron chi connectivity index (χ0n) is 10.1. The third-order valence-corrected chi connectivity index (χ3v) is 3.23. The van der Waals surface area contributed by atoms with E-state index >= 15 is 0 Å². The van der Waals surface area contributed by atoms with Gasteiger partial charge in [-0.1, -0.05) is 21.1 Å². The number of rotatable bonds is 2. The molecular weight excluding hydrogens is 310 g/mol. The van der Waals surface area contributed by atoms with E-state index in [2.05, 4.69) is 26.1 Å². The van der Waals surface area contributed by atoms with Gasteiger partial charge in [0, 0.05) is 10.2 Å². The highest BCUT2D eigenvalue weighted by Crippen LogP contribution is 2.30. The molecule has 0 fully saturated rings. The summed E-state index contributed by atoms with van der Waals surface area (Å²) in [6, 6.07) is 7.31. The molecule has 0 radical (unpaired) electrons. The molecular formula is C13H10BrN3O2. The number of hydrogen-bond acceptors (Lipinski definition) is 5. The van der Waals surface area contributed by atoms with Crippen LogP contribution in [-0.2, 0) is 0 Å². The second-order valence-electron chi connectivity index (χ2n) is 4.09. The van der Waals surface area contributed by atoms with Crippen molar-refractivity contribution in [3.63, 3.8) is 0 Å². The Morgan fingerprint density at radius 2 is 2.11 bits per heavy atom. The average molecular weight is 320 g/mol. The van der Waals surface area contributed by atoms with E-state index in [0.717, 1.165) is 10.0 Å². The smallest absolute Gasteiger partial charge is 0.260 e. The molecule has 1 aromatic carbocycles. The fourth-order valence-electron chi connectivity index (χ4n) is 1.74. The van der Waals surface area contributed by atoms with Gasteiger partial charge in [0.05, 0.1) is 11.8 Å². The van der Waals surface area contributed by atoms with Gasteiger partial charge >= 0.3 is 0 Å². The summed E-state index contributed by atoms with van der Waals surface area (Å²) in [6.45, 7) is 1.92. The number of halogens is 1. The number of benzene rings is 1. The first-order valence-corrected chi connectivity index (χ1v) is 6.38. The zero-order chi connectivity index (χ0) is 13.4. The average Bonchev–Trinajstić information content (AvgIpc) is 3.00. The maximum absolute atomic E-state index is 5.91. The molecule has 0 spiro atoms. The van der Waals surface area contributed by atoms with Crippen LogP contribution >= 0.6 is 15.9 Å². The minimum atomic E-state index is 0.365. The quantitative estimate of drug-likeness (QED) is 0.729. The van der Waals surface area contributed by atoms with Crippen molar-refractivity contribution in [3.05, 3.63) is 40.6 Å². The highest BCUT2D eigenvalue weighted by atomic mass is 79.9. The molecule has 0 unspecified atom stereocenters. The zero-order valence-corrected chi connectivity index (χ0v) is 11.6. The van der Waals surface area contributed by atoms with Gasteiger partial charge in [0.2, 0.25) is 5.82 Å². The fraction of sp³-hybridized carbons (Fsp3) is 0.0769. The molecule has 2 aromatic heterocycles. The van der Waals surface area contributed by atoms with Crippen LogP contribution in [0.5, 0.6) is 0 Å². The van der Waals surface area contributed by atoms with Crippen molar-refractivity contribution in [2.24, 2.45) is 0 Å². The molecule has 2 heterocycles. The molecule has 3 aromatic rings. The van der Waals surface area contributed by atoms with Gasteiger partial charge in [0.15, 0.2) is 5.76 Å². The topological polar surface area (TPSA) is 78.1 Å². The van der Waals surface area contributed by atoms with Gasteiger partial charge < -0.3 is 14.7 Å². The van der Waals surface area contributed by atoms with E-state index in [1.54, 1.807) is 12.3 Å². The molecule has 0 aliphatic rings. The highest BCUT2D eigenvalue weighted by molar-refractivity contribution is 9.10. The van der Waals surface area contributed by atoms with E-state index < -0.39 is 0 Å². The lowest BCUT2D eigenvalue weighted by atomic mass is 10.2. The minimum Gasteiger partial charge on any atom is -0.461 e.